The Morgan fingerprint density at radius 2 is 0.931 bits per heavy atom. The van der Waals surface area contributed by atoms with Crippen molar-refractivity contribution in [3.05, 3.63) is 48.6 Å². The zero-order chi connectivity index (χ0) is 20.8. The van der Waals surface area contributed by atoms with Gasteiger partial charge in [-0.05, 0) is 71.3 Å². The Kier molecular flexibility index (Phi) is 6.18. The van der Waals surface area contributed by atoms with E-state index in [1.807, 2.05) is 0 Å². The van der Waals surface area contributed by atoms with Gasteiger partial charge in [0, 0.05) is 0 Å². The van der Waals surface area contributed by atoms with Crippen LogP contribution < -0.4 is 0 Å². The van der Waals surface area contributed by atoms with Gasteiger partial charge in [-0.1, -0.05) is 102 Å². The number of allylic oxidation sites excluding steroid dienone is 8. The molecule has 4 aliphatic rings. The number of hydrogen-bond acceptors (Lipinski definition) is 0. The van der Waals surface area contributed by atoms with Gasteiger partial charge in [0.2, 0.25) is 0 Å². The summed E-state index contributed by atoms with van der Waals surface area (Å²) in [5, 5.41) is 0. The lowest BCUT2D eigenvalue weighted by Crippen LogP contribution is -2.46. The molecule has 0 bridgehead atoms. The molecule has 10 atom stereocenters. The van der Waals surface area contributed by atoms with Crippen molar-refractivity contribution >= 4 is 8.07 Å². The summed E-state index contributed by atoms with van der Waals surface area (Å²) >= 11 is 0. The van der Waals surface area contributed by atoms with E-state index in [0.29, 0.717) is 0 Å². The van der Waals surface area contributed by atoms with E-state index in [4.69, 9.17) is 0 Å². The SMILES string of the molecule is CCCC1C(C)C([Si](C)(C)C2C3C=CC=C[C@H]3[C@@H](CCC)C2C)C2C=CC=C[C@H]21. The quantitative estimate of drug-likeness (QED) is 0.388. The summed E-state index contributed by atoms with van der Waals surface area (Å²) in [5.41, 5.74) is 1.86. The summed E-state index contributed by atoms with van der Waals surface area (Å²) in [6, 6.07) is 0. The second-order valence-electron chi connectivity index (χ2n) is 11.3. The van der Waals surface area contributed by atoms with Gasteiger partial charge in [-0.3, -0.25) is 0 Å². The van der Waals surface area contributed by atoms with Crippen LogP contribution in [0.1, 0.15) is 53.4 Å². The second-order valence-corrected chi connectivity index (χ2v) is 16.3. The van der Waals surface area contributed by atoms with Crippen molar-refractivity contribution in [2.45, 2.75) is 77.6 Å². The zero-order valence-electron chi connectivity index (χ0n) is 19.7. The Morgan fingerprint density at radius 3 is 1.28 bits per heavy atom. The Bertz CT molecular complexity index is 637. The number of rotatable bonds is 6. The molecule has 0 saturated heterocycles. The Balaban J connectivity index is 1.70. The molecule has 0 aromatic heterocycles. The van der Waals surface area contributed by atoms with E-state index in [2.05, 4.69) is 89.4 Å². The third-order valence-corrected chi connectivity index (χ3v) is 15.0. The molecule has 0 amide bonds. The van der Waals surface area contributed by atoms with Gasteiger partial charge in [-0.25, -0.2) is 0 Å². The van der Waals surface area contributed by atoms with Gasteiger partial charge >= 0.3 is 0 Å². The van der Waals surface area contributed by atoms with Crippen LogP contribution in [-0.2, 0) is 0 Å². The van der Waals surface area contributed by atoms with Gasteiger partial charge in [0.25, 0.3) is 0 Å². The van der Waals surface area contributed by atoms with Crippen LogP contribution in [0.3, 0.4) is 0 Å². The highest BCUT2D eigenvalue weighted by molar-refractivity contribution is 6.80. The monoisotopic (exact) mass is 408 g/mol. The molecule has 1 heteroatoms. The van der Waals surface area contributed by atoms with Crippen LogP contribution in [0.5, 0.6) is 0 Å². The van der Waals surface area contributed by atoms with E-state index in [1.165, 1.54) is 25.7 Å². The average Bonchev–Trinajstić information content (AvgIpc) is 3.15. The third-order valence-electron chi connectivity index (χ3n) is 9.71. The van der Waals surface area contributed by atoms with Gasteiger partial charge < -0.3 is 0 Å². The molecule has 0 N–H and O–H groups in total. The summed E-state index contributed by atoms with van der Waals surface area (Å²) in [5.74, 6) is 6.72. The topological polar surface area (TPSA) is 0 Å². The number of fused-ring (bicyclic) bond motifs is 2. The zero-order valence-corrected chi connectivity index (χ0v) is 20.7. The molecule has 0 aromatic carbocycles. The van der Waals surface area contributed by atoms with E-state index in [9.17, 15) is 0 Å². The van der Waals surface area contributed by atoms with Crippen molar-refractivity contribution in [3.8, 4) is 0 Å². The van der Waals surface area contributed by atoms with Crippen LogP contribution in [0.25, 0.3) is 0 Å². The van der Waals surface area contributed by atoms with Gasteiger partial charge in [-0.2, -0.15) is 0 Å². The van der Waals surface area contributed by atoms with Crippen LogP contribution in [0.15, 0.2) is 48.6 Å². The van der Waals surface area contributed by atoms with Crippen molar-refractivity contribution in [3.63, 3.8) is 0 Å². The first-order valence-electron chi connectivity index (χ1n) is 12.6. The summed E-state index contributed by atoms with van der Waals surface area (Å²) in [7, 11) is -1.49. The Morgan fingerprint density at radius 1 is 0.586 bits per heavy atom. The molecule has 0 radical (unpaired) electrons. The molecule has 29 heavy (non-hydrogen) atoms. The lowest BCUT2D eigenvalue weighted by atomic mass is 9.82. The predicted molar refractivity (Wildman–Crippen MR) is 131 cm³/mol. The van der Waals surface area contributed by atoms with Crippen molar-refractivity contribution in [2.24, 2.45) is 47.3 Å². The van der Waals surface area contributed by atoms with E-state index >= 15 is 0 Å². The molecule has 0 spiro atoms. The molecular weight excluding hydrogens is 364 g/mol. The minimum atomic E-state index is -1.49. The van der Waals surface area contributed by atoms with Crippen LogP contribution in [-0.4, -0.2) is 8.07 Å². The molecule has 0 aromatic rings. The van der Waals surface area contributed by atoms with Gasteiger partial charge in [0.15, 0.2) is 0 Å². The minimum Gasteiger partial charge on any atom is -0.0808 e. The third kappa shape index (κ3) is 3.40. The first-order valence-corrected chi connectivity index (χ1v) is 15.8. The molecule has 0 aliphatic heterocycles. The molecule has 7 unspecified atom stereocenters. The standard InChI is InChI=1S/C28H44Si/c1-7-13-21-19(3)27(25-17-11-9-15-23(21)25)29(5,6)28-20(4)22(14-8-2)24-16-10-12-18-26(24)28/h9-12,15-28H,7-8,13-14H2,1-6H3/t19?,20?,21-,22?,23-,24-,25?,26?,27?,28?/m0/s1. The smallest absolute Gasteiger partial charge is 0.0553 e. The maximum Gasteiger partial charge on any atom is 0.0553 e. The second kappa shape index (κ2) is 8.37. The van der Waals surface area contributed by atoms with Crippen LogP contribution in [0.4, 0.5) is 0 Å². The maximum absolute atomic E-state index is 2.80. The van der Waals surface area contributed by atoms with Crippen LogP contribution in [0.2, 0.25) is 24.2 Å². The van der Waals surface area contributed by atoms with Gasteiger partial charge in [-0.15, -0.1) is 0 Å². The summed E-state index contributed by atoms with van der Waals surface area (Å²) in [6.07, 6.45) is 25.3. The fourth-order valence-electron chi connectivity index (χ4n) is 8.94. The maximum atomic E-state index is 2.80. The average molecular weight is 409 g/mol. The predicted octanol–water partition coefficient (Wildman–Crippen LogP) is 8.28. The van der Waals surface area contributed by atoms with Crippen molar-refractivity contribution < 1.29 is 0 Å². The summed E-state index contributed by atoms with van der Waals surface area (Å²) < 4.78 is 0. The van der Waals surface area contributed by atoms with Crippen molar-refractivity contribution in [2.75, 3.05) is 0 Å². The fraction of sp³-hybridized carbons (Fsp3) is 0.714. The molecule has 160 valence electrons. The molecule has 4 aliphatic carbocycles. The van der Waals surface area contributed by atoms with Gasteiger partial charge in [0.05, 0.1) is 8.07 Å². The largest absolute Gasteiger partial charge is 0.0808 e. The number of hydrogen-bond donors (Lipinski definition) is 0. The molecule has 2 fully saturated rings. The van der Waals surface area contributed by atoms with E-state index in [1.54, 1.807) is 0 Å². The lowest BCUT2D eigenvalue weighted by Gasteiger charge is -2.45. The molecule has 4 rings (SSSR count). The fourth-order valence-corrected chi connectivity index (χ4v) is 15.2. The van der Waals surface area contributed by atoms with Crippen LogP contribution in [0, 0.1) is 47.3 Å². The van der Waals surface area contributed by atoms with Crippen LogP contribution >= 0.6 is 0 Å². The van der Waals surface area contributed by atoms with E-state index < -0.39 is 8.07 Å². The van der Waals surface area contributed by atoms with E-state index in [0.717, 1.165) is 58.4 Å². The highest BCUT2D eigenvalue weighted by atomic mass is 28.3. The molecule has 2 saturated carbocycles. The Labute approximate surface area is 181 Å². The first-order chi connectivity index (χ1) is 13.9. The lowest BCUT2D eigenvalue weighted by molar-refractivity contribution is 0.329. The summed E-state index contributed by atoms with van der Waals surface area (Å²) in [6.45, 7) is 15.6. The molecule has 0 nitrogen and oxygen atoms in total. The normalized spacial score (nSPS) is 45.6. The highest BCUT2D eigenvalue weighted by Gasteiger charge is 2.60. The first kappa shape index (κ1) is 21.4. The Hall–Kier alpha value is -0.823. The minimum absolute atomic E-state index is 0.798. The summed E-state index contributed by atoms with van der Waals surface area (Å²) in [4.78, 5) is 0. The van der Waals surface area contributed by atoms with Crippen molar-refractivity contribution in [1.29, 1.82) is 0 Å². The van der Waals surface area contributed by atoms with Crippen molar-refractivity contribution in [1.82, 2.24) is 0 Å². The van der Waals surface area contributed by atoms with Gasteiger partial charge in [0.1, 0.15) is 0 Å². The highest BCUT2D eigenvalue weighted by Crippen LogP contribution is 2.65. The molecule has 0 heterocycles. The molecular formula is C28H44Si. The van der Waals surface area contributed by atoms with E-state index in [-0.39, 0.29) is 0 Å².